The van der Waals surface area contributed by atoms with Crippen molar-refractivity contribution in [1.82, 2.24) is 3.12 Å². The molecule has 0 fully saturated rings. The first kappa shape index (κ1) is 31.2. The third kappa shape index (κ3) is 7.45. The third-order valence-electron chi connectivity index (χ3n) is 7.12. The van der Waals surface area contributed by atoms with Gasteiger partial charge in [0.2, 0.25) is 0 Å². The van der Waals surface area contributed by atoms with Crippen molar-refractivity contribution in [3.63, 3.8) is 0 Å². The number of rotatable bonds is 11. The molecular formula is C36H34ClNS4. The Bertz CT molecular complexity index is 1610. The molecule has 4 aromatic carbocycles. The quantitative estimate of drug-likeness (QED) is 0.0569. The van der Waals surface area contributed by atoms with E-state index in [0.29, 0.717) is 5.88 Å². The van der Waals surface area contributed by atoms with Gasteiger partial charge in [-0.25, -0.2) is 0 Å². The van der Waals surface area contributed by atoms with E-state index in [2.05, 4.69) is 121 Å². The molecule has 1 nitrogen and oxygen atoms in total. The van der Waals surface area contributed by atoms with Crippen LogP contribution in [-0.2, 0) is 12.8 Å². The van der Waals surface area contributed by atoms with Gasteiger partial charge in [-0.1, -0.05) is 103 Å². The molecule has 0 N–H and O–H groups in total. The summed E-state index contributed by atoms with van der Waals surface area (Å²) in [6, 6.07) is 34.9. The van der Waals surface area contributed by atoms with E-state index in [1.54, 1.807) is 35.8 Å². The summed E-state index contributed by atoms with van der Waals surface area (Å²) in [6.07, 6.45) is 4.78. The lowest BCUT2D eigenvalue weighted by atomic mass is 10.0. The Morgan fingerprint density at radius 3 is 2.14 bits per heavy atom. The molecule has 5 rings (SSSR count). The molecule has 0 aliphatic carbocycles. The fraction of sp³-hybridized carbons (Fsp3) is 0.167. The monoisotopic (exact) mass is 643 g/mol. The molecule has 4 aromatic rings. The largest absolute Gasteiger partial charge is 0.142 e. The maximum atomic E-state index is 5.96. The molecular weight excluding hydrogens is 610 g/mol. The first-order valence-corrected chi connectivity index (χ1v) is 17.3. The highest BCUT2D eigenvalue weighted by molar-refractivity contribution is 8.36. The molecule has 0 amide bonds. The summed E-state index contributed by atoms with van der Waals surface area (Å²) in [5.41, 5.74) is 9.84. The average Bonchev–Trinajstić information content (AvgIpc) is 3.43. The van der Waals surface area contributed by atoms with Gasteiger partial charge < -0.3 is 0 Å². The minimum Gasteiger partial charge on any atom is -0.142 e. The van der Waals surface area contributed by atoms with E-state index in [4.69, 9.17) is 24.2 Å². The fourth-order valence-corrected chi connectivity index (χ4v) is 9.29. The Morgan fingerprint density at radius 2 is 1.48 bits per heavy atom. The SMILES string of the molecule is C=CCc1ccc(C2=C(c3ccccc3C)SN(S/C(=C(\S)c3ccccc3C)c3ccc(CCCCl)cc3)S2)cc1. The van der Waals surface area contributed by atoms with Gasteiger partial charge in [0.15, 0.2) is 0 Å². The standard InChI is InChI=1S/C36H34ClNS4/c1-4-10-27-16-22-30(23-17-27)35-36(32-15-8-6-12-26(32)3)42-38(41-35)40-34(33(39)31-14-7-5-11-25(31)2)29-20-18-28(19-21-29)13-9-24-37/h4-8,11-12,14-23,39H,1,9-10,13,24H2,2-3H3/b34-33-. The second-order valence-electron chi connectivity index (χ2n) is 10.1. The number of hydrogen-bond donors (Lipinski definition) is 1. The predicted octanol–water partition coefficient (Wildman–Crippen LogP) is 11.7. The second-order valence-corrected chi connectivity index (χ2v) is 14.5. The molecule has 0 saturated carbocycles. The summed E-state index contributed by atoms with van der Waals surface area (Å²) >= 11 is 16.4. The van der Waals surface area contributed by atoms with Crippen LogP contribution in [0.25, 0.3) is 19.6 Å². The average molecular weight is 644 g/mol. The molecule has 0 bridgehead atoms. The summed E-state index contributed by atoms with van der Waals surface area (Å²) in [4.78, 5) is 4.64. The maximum Gasteiger partial charge on any atom is 0.0478 e. The van der Waals surface area contributed by atoms with E-state index in [1.807, 2.05) is 6.08 Å². The van der Waals surface area contributed by atoms with Crippen molar-refractivity contribution in [3.8, 4) is 0 Å². The minimum absolute atomic E-state index is 0.676. The molecule has 1 heterocycles. The van der Waals surface area contributed by atoms with Gasteiger partial charge in [0.05, 0.1) is 0 Å². The predicted molar refractivity (Wildman–Crippen MR) is 195 cm³/mol. The zero-order chi connectivity index (χ0) is 29.5. The van der Waals surface area contributed by atoms with Crippen LogP contribution in [0, 0.1) is 13.8 Å². The topological polar surface area (TPSA) is 3.24 Å². The summed E-state index contributed by atoms with van der Waals surface area (Å²) in [6.45, 7) is 8.23. The lowest BCUT2D eigenvalue weighted by Crippen LogP contribution is -1.96. The van der Waals surface area contributed by atoms with Gasteiger partial charge >= 0.3 is 0 Å². The van der Waals surface area contributed by atoms with Crippen molar-refractivity contribution >= 4 is 79.7 Å². The van der Waals surface area contributed by atoms with Crippen molar-refractivity contribution in [2.24, 2.45) is 0 Å². The first-order chi connectivity index (χ1) is 20.5. The molecule has 0 unspecified atom stereocenters. The number of alkyl halides is 1. The lowest BCUT2D eigenvalue weighted by Gasteiger charge is -2.19. The van der Waals surface area contributed by atoms with Gasteiger partial charge in [-0.2, -0.15) is 0 Å². The van der Waals surface area contributed by atoms with Gasteiger partial charge in [0.25, 0.3) is 0 Å². The molecule has 0 saturated heterocycles. The highest BCUT2D eigenvalue weighted by Gasteiger charge is 2.30. The molecule has 42 heavy (non-hydrogen) atoms. The van der Waals surface area contributed by atoms with Crippen molar-refractivity contribution in [2.75, 3.05) is 5.88 Å². The Morgan fingerprint density at radius 1 is 0.833 bits per heavy atom. The highest BCUT2D eigenvalue weighted by Crippen LogP contribution is 2.59. The molecule has 214 valence electrons. The van der Waals surface area contributed by atoms with E-state index in [9.17, 15) is 0 Å². The Hall–Kier alpha value is -2.25. The summed E-state index contributed by atoms with van der Waals surface area (Å²) in [7, 11) is 0. The van der Waals surface area contributed by atoms with Gasteiger partial charge in [0, 0.05) is 25.5 Å². The van der Waals surface area contributed by atoms with Gasteiger partial charge in [-0.05, 0) is 113 Å². The summed E-state index contributed by atoms with van der Waals surface area (Å²) in [5.74, 6) is 0.676. The molecule has 1 aliphatic heterocycles. The zero-order valence-corrected chi connectivity index (χ0v) is 27.9. The zero-order valence-electron chi connectivity index (χ0n) is 23.8. The number of thiol groups is 1. The number of nitrogens with zero attached hydrogens (tertiary/aromatic N) is 1. The van der Waals surface area contributed by atoms with Gasteiger partial charge in [0.1, 0.15) is 0 Å². The minimum atomic E-state index is 0.676. The van der Waals surface area contributed by atoms with Crippen LogP contribution in [0.15, 0.2) is 110 Å². The number of hydrogen-bond acceptors (Lipinski definition) is 5. The van der Waals surface area contributed by atoms with Crippen LogP contribution in [0.5, 0.6) is 0 Å². The van der Waals surface area contributed by atoms with Gasteiger partial charge in [-0.15, -0.1) is 33.9 Å². The number of aryl methyl sites for hydroxylation is 3. The van der Waals surface area contributed by atoms with Crippen LogP contribution in [0.1, 0.15) is 50.9 Å². The summed E-state index contributed by atoms with van der Waals surface area (Å²) in [5, 5.41) is 0. The van der Waals surface area contributed by atoms with Gasteiger partial charge in [-0.3, -0.25) is 0 Å². The second kappa shape index (κ2) is 15.0. The van der Waals surface area contributed by atoms with Crippen molar-refractivity contribution in [3.05, 3.63) is 154 Å². The molecule has 1 aliphatic rings. The fourth-order valence-electron chi connectivity index (χ4n) is 4.79. The van der Waals surface area contributed by atoms with Crippen molar-refractivity contribution in [2.45, 2.75) is 33.1 Å². The van der Waals surface area contributed by atoms with Crippen molar-refractivity contribution in [1.29, 1.82) is 0 Å². The normalized spacial score (nSPS) is 14.3. The molecule has 0 radical (unpaired) electrons. The molecule has 0 spiro atoms. The van der Waals surface area contributed by atoms with E-state index in [-0.39, 0.29) is 0 Å². The molecule has 0 atom stereocenters. The highest BCUT2D eigenvalue weighted by atomic mass is 35.5. The number of benzene rings is 4. The Kier molecular flexibility index (Phi) is 11.1. The van der Waals surface area contributed by atoms with Crippen molar-refractivity contribution < 1.29 is 0 Å². The lowest BCUT2D eigenvalue weighted by molar-refractivity contribution is 0.929. The van der Waals surface area contributed by atoms with E-state index >= 15 is 0 Å². The van der Waals surface area contributed by atoms with E-state index in [1.165, 1.54) is 43.2 Å². The maximum absolute atomic E-state index is 5.96. The number of halogens is 1. The smallest absolute Gasteiger partial charge is 0.0478 e. The molecule has 6 heteroatoms. The van der Waals surface area contributed by atoms with E-state index in [0.717, 1.165) is 40.2 Å². The van der Waals surface area contributed by atoms with Crippen LogP contribution in [0.2, 0.25) is 0 Å². The third-order valence-corrected chi connectivity index (χ3v) is 11.8. The summed E-state index contributed by atoms with van der Waals surface area (Å²) < 4.78 is 2.32. The Labute approximate surface area is 274 Å². The van der Waals surface area contributed by atoms with Crippen LogP contribution in [-0.4, -0.2) is 9.00 Å². The van der Waals surface area contributed by atoms with E-state index < -0.39 is 0 Å². The van der Waals surface area contributed by atoms with Crippen LogP contribution in [0.3, 0.4) is 0 Å². The Balaban J connectivity index is 1.52. The molecule has 0 aromatic heterocycles. The van der Waals surface area contributed by atoms with Crippen LogP contribution >= 0.6 is 60.1 Å². The van der Waals surface area contributed by atoms with Crippen LogP contribution in [0.4, 0.5) is 0 Å². The number of allylic oxidation sites excluding steroid dienone is 1. The van der Waals surface area contributed by atoms with Crippen LogP contribution < -0.4 is 0 Å². The first-order valence-electron chi connectivity index (χ1n) is 14.0.